The van der Waals surface area contributed by atoms with Crippen molar-refractivity contribution in [3.05, 3.63) is 48.5 Å². The highest BCUT2D eigenvalue weighted by Crippen LogP contribution is 2.35. The monoisotopic (exact) mass is 340 g/mol. The lowest BCUT2D eigenvalue weighted by molar-refractivity contribution is -0.133. The molecule has 0 aromatic heterocycles. The fourth-order valence-electron chi connectivity index (χ4n) is 3.06. The van der Waals surface area contributed by atoms with Gasteiger partial charge in [-0.3, -0.25) is 4.79 Å². The number of amides is 1. The number of piperazine rings is 1. The Morgan fingerprint density at radius 3 is 2.52 bits per heavy atom. The third-order valence-electron chi connectivity index (χ3n) is 4.46. The summed E-state index contributed by atoms with van der Waals surface area (Å²) < 4.78 is 16.2. The number of carbonyl (C=O) groups excluding carboxylic acids is 1. The minimum atomic E-state index is 0.00498. The van der Waals surface area contributed by atoms with E-state index >= 15 is 0 Å². The zero-order valence-electron chi connectivity index (χ0n) is 13.9. The van der Waals surface area contributed by atoms with Crippen molar-refractivity contribution in [3.8, 4) is 17.2 Å². The summed E-state index contributed by atoms with van der Waals surface area (Å²) in [7, 11) is 0. The molecule has 1 fully saturated rings. The van der Waals surface area contributed by atoms with Crippen LogP contribution < -0.4 is 19.1 Å². The summed E-state index contributed by atoms with van der Waals surface area (Å²) in [4.78, 5) is 16.5. The van der Waals surface area contributed by atoms with Crippen LogP contribution in [0.2, 0.25) is 0 Å². The Hall–Kier alpha value is -2.89. The first kappa shape index (κ1) is 15.6. The van der Waals surface area contributed by atoms with Crippen molar-refractivity contribution in [3.63, 3.8) is 0 Å². The highest BCUT2D eigenvalue weighted by atomic mass is 16.7. The molecule has 0 N–H and O–H groups in total. The molecule has 6 nitrogen and oxygen atoms in total. The van der Waals surface area contributed by atoms with Gasteiger partial charge in [-0.05, 0) is 24.3 Å². The van der Waals surface area contributed by atoms with Gasteiger partial charge >= 0.3 is 0 Å². The first-order chi connectivity index (χ1) is 12.3. The number of nitrogens with zero attached hydrogens (tertiary/aromatic N) is 2. The quantitative estimate of drug-likeness (QED) is 0.854. The van der Waals surface area contributed by atoms with E-state index in [0.717, 1.165) is 13.1 Å². The maximum atomic E-state index is 12.4. The summed E-state index contributed by atoms with van der Waals surface area (Å²) in [5.74, 6) is 1.98. The first-order valence-corrected chi connectivity index (χ1v) is 8.40. The molecule has 0 unspecified atom stereocenters. The zero-order valence-corrected chi connectivity index (χ0v) is 13.9. The predicted molar refractivity (Wildman–Crippen MR) is 93.3 cm³/mol. The zero-order chi connectivity index (χ0) is 17.1. The number of anilines is 1. The van der Waals surface area contributed by atoms with Crippen molar-refractivity contribution < 1.29 is 19.0 Å². The molecule has 6 heteroatoms. The molecule has 1 amide bonds. The predicted octanol–water partition coefficient (Wildman–Crippen LogP) is 2.14. The molecule has 4 rings (SSSR count). The molecule has 0 spiro atoms. The van der Waals surface area contributed by atoms with Gasteiger partial charge in [-0.25, -0.2) is 0 Å². The van der Waals surface area contributed by atoms with E-state index in [0.29, 0.717) is 30.3 Å². The van der Waals surface area contributed by atoms with Gasteiger partial charge in [0.2, 0.25) is 6.79 Å². The molecule has 2 aliphatic heterocycles. The van der Waals surface area contributed by atoms with E-state index in [2.05, 4.69) is 17.0 Å². The van der Waals surface area contributed by atoms with Crippen molar-refractivity contribution in [2.45, 2.75) is 0 Å². The Kier molecular flexibility index (Phi) is 4.33. The van der Waals surface area contributed by atoms with Crippen LogP contribution in [0.4, 0.5) is 5.69 Å². The Balaban J connectivity index is 1.28. The van der Waals surface area contributed by atoms with Crippen LogP contribution in [-0.4, -0.2) is 50.4 Å². The van der Waals surface area contributed by atoms with Crippen LogP contribution in [0.1, 0.15) is 0 Å². The minimum absolute atomic E-state index is 0.00498. The van der Waals surface area contributed by atoms with Gasteiger partial charge in [0.15, 0.2) is 18.1 Å². The second kappa shape index (κ2) is 6.93. The molecule has 2 heterocycles. The van der Waals surface area contributed by atoms with E-state index in [1.54, 1.807) is 18.2 Å². The molecule has 0 saturated carbocycles. The third-order valence-corrected chi connectivity index (χ3v) is 4.46. The molecule has 2 aromatic carbocycles. The van der Waals surface area contributed by atoms with Crippen molar-refractivity contribution >= 4 is 11.6 Å². The SMILES string of the molecule is O=C(COc1ccc2c(c1)OCO2)N1CCN(c2ccccc2)CC1. The average molecular weight is 340 g/mol. The van der Waals surface area contributed by atoms with Crippen LogP contribution in [-0.2, 0) is 4.79 Å². The Labute approximate surface area is 146 Å². The largest absolute Gasteiger partial charge is 0.484 e. The van der Waals surface area contributed by atoms with Gasteiger partial charge in [-0.15, -0.1) is 0 Å². The molecule has 0 bridgehead atoms. The van der Waals surface area contributed by atoms with Crippen LogP contribution >= 0.6 is 0 Å². The van der Waals surface area contributed by atoms with Gasteiger partial charge in [0.05, 0.1) is 0 Å². The van der Waals surface area contributed by atoms with Crippen molar-refractivity contribution in [1.82, 2.24) is 4.90 Å². The summed E-state index contributed by atoms with van der Waals surface area (Å²) in [5.41, 5.74) is 1.20. The van der Waals surface area contributed by atoms with Crippen LogP contribution in [0.5, 0.6) is 17.2 Å². The standard InChI is InChI=1S/C19H20N2O4/c22-19(13-23-16-6-7-17-18(12-16)25-14-24-17)21-10-8-20(9-11-21)15-4-2-1-3-5-15/h1-7,12H,8-11,13-14H2. The number of ether oxygens (including phenoxy) is 3. The second-order valence-corrected chi connectivity index (χ2v) is 6.01. The number of para-hydroxylation sites is 1. The normalized spacial score (nSPS) is 16.0. The van der Waals surface area contributed by atoms with Gasteiger partial charge in [0.25, 0.3) is 5.91 Å². The van der Waals surface area contributed by atoms with Crippen molar-refractivity contribution in [2.24, 2.45) is 0 Å². The fourth-order valence-corrected chi connectivity index (χ4v) is 3.06. The van der Waals surface area contributed by atoms with Crippen LogP contribution in [0.3, 0.4) is 0 Å². The molecular formula is C19H20N2O4. The number of carbonyl (C=O) groups is 1. The minimum Gasteiger partial charge on any atom is -0.484 e. The van der Waals surface area contributed by atoms with Crippen LogP contribution in [0.15, 0.2) is 48.5 Å². The van der Waals surface area contributed by atoms with E-state index in [1.807, 2.05) is 23.1 Å². The number of rotatable bonds is 4. The van der Waals surface area contributed by atoms with E-state index in [-0.39, 0.29) is 19.3 Å². The molecular weight excluding hydrogens is 320 g/mol. The number of hydrogen-bond acceptors (Lipinski definition) is 5. The van der Waals surface area contributed by atoms with E-state index in [4.69, 9.17) is 14.2 Å². The molecule has 0 aliphatic carbocycles. The van der Waals surface area contributed by atoms with Gasteiger partial charge in [-0.2, -0.15) is 0 Å². The topological polar surface area (TPSA) is 51.2 Å². The third kappa shape index (κ3) is 3.47. The number of fused-ring (bicyclic) bond motifs is 1. The number of benzene rings is 2. The molecule has 130 valence electrons. The highest BCUT2D eigenvalue weighted by Gasteiger charge is 2.22. The van der Waals surface area contributed by atoms with E-state index in [1.165, 1.54) is 5.69 Å². The lowest BCUT2D eigenvalue weighted by Crippen LogP contribution is -2.50. The summed E-state index contributed by atoms with van der Waals surface area (Å²) >= 11 is 0. The van der Waals surface area contributed by atoms with Crippen LogP contribution in [0, 0.1) is 0 Å². The summed E-state index contributed by atoms with van der Waals surface area (Å²) in [6.07, 6.45) is 0. The van der Waals surface area contributed by atoms with E-state index < -0.39 is 0 Å². The lowest BCUT2D eigenvalue weighted by Gasteiger charge is -2.36. The van der Waals surface area contributed by atoms with Gasteiger partial charge in [0, 0.05) is 37.9 Å². The van der Waals surface area contributed by atoms with Crippen LogP contribution in [0.25, 0.3) is 0 Å². The molecule has 0 atom stereocenters. The molecule has 2 aromatic rings. The van der Waals surface area contributed by atoms with Crippen molar-refractivity contribution in [1.29, 1.82) is 0 Å². The Morgan fingerprint density at radius 1 is 0.960 bits per heavy atom. The smallest absolute Gasteiger partial charge is 0.260 e. The second-order valence-electron chi connectivity index (χ2n) is 6.01. The van der Waals surface area contributed by atoms with Gasteiger partial charge < -0.3 is 24.0 Å². The lowest BCUT2D eigenvalue weighted by atomic mass is 10.2. The molecule has 2 aliphatic rings. The molecule has 1 saturated heterocycles. The summed E-state index contributed by atoms with van der Waals surface area (Å²) in [6.45, 7) is 3.34. The van der Waals surface area contributed by atoms with Gasteiger partial charge in [0.1, 0.15) is 5.75 Å². The fraction of sp³-hybridized carbons (Fsp3) is 0.316. The molecule has 25 heavy (non-hydrogen) atoms. The van der Waals surface area contributed by atoms with Gasteiger partial charge in [-0.1, -0.05) is 18.2 Å². The Bertz CT molecular complexity index is 742. The molecule has 0 radical (unpaired) electrons. The Morgan fingerprint density at radius 2 is 1.72 bits per heavy atom. The number of hydrogen-bond donors (Lipinski definition) is 0. The highest BCUT2D eigenvalue weighted by molar-refractivity contribution is 5.78. The van der Waals surface area contributed by atoms with Crippen molar-refractivity contribution in [2.75, 3.05) is 44.5 Å². The first-order valence-electron chi connectivity index (χ1n) is 8.40. The average Bonchev–Trinajstić information content (AvgIpc) is 3.15. The maximum Gasteiger partial charge on any atom is 0.260 e. The maximum absolute atomic E-state index is 12.4. The summed E-state index contributed by atoms with van der Waals surface area (Å²) in [5, 5.41) is 0. The van der Waals surface area contributed by atoms with E-state index in [9.17, 15) is 4.79 Å². The summed E-state index contributed by atoms with van der Waals surface area (Å²) in [6, 6.07) is 15.6.